The Hall–Kier alpha value is -0.520. The summed E-state index contributed by atoms with van der Waals surface area (Å²) in [5, 5.41) is 8.38. The molecule has 0 radical (unpaired) electrons. The average molecular weight is 254 g/mol. The number of hydrogen-bond donors (Lipinski definition) is 1. The van der Waals surface area contributed by atoms with Crippen LogP contribution in [0.5, 0.6) is 0 Å². The molecule has 0 aromatic heterocycles. The van der Waals surface area contributed by atoms with Gasteiger partial charge < -0.3 is 5.11 Å². The van der Waals surface area contributed by atoms with Crippen molar-refractivity contribution in [2.24, 2.45) is 0 Å². The van der Waals surface area contributed by atoms with Gasteiger partial charge in [-0.15, -0.1) is 0 Å². The fourth-order valence-corrected chi connectivity index (χ4v) is 2.01. The second kappa shape index (κ2) is 3.05. The predicted molar refractivity (Wildman–Crippen MR) is 45.0 cm³/mol. The fraction of sp³-hybridized carbons (Fsp3) is 0. The first-order valence-corrected chi connectivity index (χ1v) is 4.80. The van der Waals surface area contributed by atoms with Gasteiger partial charge in [0.15, 0.2) is 0 Å². The van der Waals surface area contributed by atoms with Crippen molar-refractivity contribution in [3.63, 3.8) is 0 Å². The largest absolute Gasteiger partial charge is 0.477 e. The van der Waals surface area contributed by atoms with E-state index in [0.29, 0.717) is 0 Å². The molecule has 0 aromatic rings. The fourth-order valence-electron chi connectivity index (χ4n) is 0.494. The summed E-state index contributed by atoms with van der Waals surface area (Å²) in [6.45, 7) is 0. The molecular formula is C6H4FIO2. The summed E-state index contributed by atoms with van der Waals surface area (Å²) in [5.74, 6) is -1.73. The van der Waals surface area contributed by atoms with Crippen LogP contribution in [-0.4, -0.2) is 15.1 Å². The van der Waals surface area contributed by atoms with Crippen molar-refractivity contribution in [1.29, 1.82) is 0 Å². The highest BCUT2D eigenvalue weighted by Gasteiger charge is 2.11. The molecule has 0 unspecified atom stereocenters. The van der Waals surface area contributed by atoms with E-state index in [2.05, 4.69) is 0 Å². The van der Waals surface area contributed by atoms with Gasteiger partial charge in [0, 0.05) is 0 Å². The van der Waals surface area contributed by atoms with Gasteiger partial charge in [-0.25, -0.2) is 9.18 Å². The van der Waals surface area contributed by atoms with Crippen molar-refractivity contribution >= 4 is 30.7 Å². The van der Waals surface area contributed by atoms with E-state index in [4.69, 9.17) is 5.11 Å². The molecule has 0 bridgehead atoms. The molecule has 1 rings (SSSR count). The Kier molecular flexibility index (Phi) is 2.31. The van der Waals surface area contributed by atoms with Gasteiger partial charge >= 0.3 is 5.97 Å². The van der Waals surface area contributed by atoms with Crippen LogP contribution < -0.4 is 0 Å². The SMILES string of the molecule is O=C(O)C1=C(F)C=CC=I1. The topological polar surface area (TPSA) is 37.3 Å². The lowest BCUT2D eigenvalue weighted by Crippen LogP contribution is -1.97. The third-order valence-electron chi connectivity index (χ3n) is 0.885. The summed E-state index contributed by atoms with van der Waals surface area (Å²) in [6.07, 6.45) is 2.72. The molecule has 10 heavy (non-hydrogen) atoms. The molecule has 0 fully saturated rings. The quantitative estimate of drug-likeness (QED) is 0.721. The highest BCUT2D eigenvalue weighted by Crippen LogP contribution is 2.23. The molecule has 0 saturated carbocycles. The zero-order chi connectivity index (χ0) is 7.56. The van der Waals surface area contributed by atoms with Crippen molar-refractivity contribution in [2.75, 3.05) is 0 Å². The first-order chi connectivity index (χ1) is 4.72. The maximum atomic E-state index is 12.5. The minimum Gasteiger partial charge on any atom is -0.477 e. The van der Waals surface area contributed by atoms with Gasteiger partial charge in [0.1, 0.15) is 9.41 Å². The summed E-state index contributed by atoms with van der Waals surface area (Å²) >= 11 is -0.738. The number of rotatable bonds is 1. The second-order valence-corrected chi connectivity index (χ2v) is 3.98. The Balaban J connectivity index is 3.04. The van der Waals surface area contributed by atoms with Crippen LogP contribution in [0.2, 0.25) is 0 Å². The molecule has 0 spiro atoms. The summed E-state index contributed by atoms with van der Waals surface area (Å²) in [5.41, 5.74) is 0. The molecule has 2 nitrogen and oxygen atoms in total. The number of carboxylic acids is 1. The summed E-state index contributed by atoms with van der Waals surface area (Å²) in [6, 6.07) is 0. The summed E-state index contributed by atoms with van der Waals surface area (Å²) in [7, 11) is 0. The molecule has 1 aliphatic heterocycles. The van der Waals surface area contributed by atoms with E-state index in [9.17, 15) is 9.18 Å². The van der Waals surface area contributed by atoms with Crippen molar-refractivity contribution in [1.82, 2.24) is 0 Å². The van der Waals surface area contributed by atoms with Crippen LogP contribution in [0, 0.1) is 0 Å². The Morgan fingerprint density at radius 3 is 2.80 bits per heavy atom. The Labute approximate surface area is 66.8 Å². The van der Waals surface area contributed by atoms with E-state index in [1.807, 2.05) is 0 Å². The van der Waals surface area contributed by atoms with Gasteiger partial charge in [-0.3, -0.25) is 0 Å². The number of carbonyl (C=O) groups is 1. The molecule has 4 heteroatoms. The van der Waals surface area contributed by atoms with E-state index < -0.39 is 32.5 Å². The average Bonchev–Trinajstić information content (AvgIpc) is 1.88. The molecule has 1 aliphatic rings. The van der Waals surface area contributed by atoms with E-state index in [1.54, 1.807) is 10.1 Å². The molecule has 1 N–H and O–H groups in total. The van der Waals surface area contributed by atoms with Crippen molar-refractivity contribution in [2.45, 2.75) is 0 Å². The number of hydrogen-bond acceptors (Lipinski definition) is 1. The third-order valence-corrected chi connectivity index (χ3v) is 3.26. The monoisotopic (exact) mass is 254 g/mol. The van der Waals surface area contributed by atoms with Crippen LogP contribution in [0.25, 0.3) is 0 Å². The predicted octanol–water partition coefficient (Wildman–Crippen LogP) is 1.59. The smallest absolute Gasteiger partial charge is 0.344 e. The Bertz CT molecular complexity index is 252. The van der Waals surface area contributed by atoms with Crippen molar-refractivity contribution in [3.8, 4) is 0 Å². The lowest BCUT2D eigenvalue weighted by molar-refractivity contribution is -0.131. The van der Waals surface area contributed by atoms with Gasteiger partial charge in [0.05, 0.1) is 0 Å². The number of allylic oxidation sites excluding steroid dienone is 3. The summed E-state index contributed by atoms with van der Waals surface area (Å²) < 4.78 is 14.2. The molecule has 0 amide bonds. The standard InChI is InChI=1S/C6H4FIO2/c7-4-2-1-3-8-5(4)6(9)10/h1-3H,(H,9,10). The molecule has 0 aliphatic carbocycles. The van der Waals surface area contributed by atoms with E-state index in [0.717, 1.165) is 0 Å². The van der Waals surface area contributed by atoms with Crippen LogP contribution in [0.3, 0.4) is 0 Å². The van der Waals surface area contributed by atoms with Crippen molar-refractivity contribution in [3.05, 3.63) is 21.6 Å². The van der Waals surface area contributed by atoms with Gasteiger partial charge in [-0.1, -0.05) is 26.8 Å². The van der Waals surface area contributed by atoms with Crippen LogP contribution in [0.15, 0.2) is 21.6 Å². The molecule has 0 saturated heterocycles. The van der Waals surface area contributed by atoms with Gasteiger partial charge in [0.2, 0.25) is 0 Å². The number of halogens is 2. The molecular weight excluding hydrogens is 250 g/mol. The molecule has 0 aromatic carbocycles. The highest BCUT2D eigenvalue weighted by molar-refractivity contribution is 14.2. The molecule has 0 atom stereocenters. The molecule has 54 valence electrons. The normalized spacial score (nSPS) is 16.9. The third kappa shape index (κ3) is 1.50. The number of carboxylic acid groups (broad SMARTS) is 1. The van der Waals surface area contributed by atoms with E-state index >= 15 is 0 Å². The maximum absolute atomic E-state index is 12.5. The van der Waals surface area contributed by atoms with Gasteiger partial charge in [0.25, 0.3) is 0 Å². The van der Waals surface area contributed by atoms with Crippen LogP contribution in [-0.2, 0) is 4.79 Å². The first-order valence-electron chi connectivity index (χ1n) is 2.48. The van der Waals surface area contributed by atoms with Gasteiger partial charge in [-0.05, 0) is 10.1 Å². The first kappa shape index (κ1) is 7.59. The van der Waals surface area contributed by atoms with Crippen LogP contribution in [0.4, 0.5) is 4.39 Å². The minimum atomic E-state index is -1.13. The lowest BCUT2D eigenvalue weighted by atomic mass is 10.4. The minimum absolute atomic E-state index is 0.0544. The zero-order valence-electron chi connectivity index (χ0n) is 4.84. The van der Waals surface area contributed by atoms with E-state index in [-0.39, 0.29) is 3.58 Å². The zero-order valence-corrected chi connectivity index (χ0v) is 7.00. The summed E-state index contributed by atoms with van der Waals surface area (Å²) in [4.78, 5) is 10.2. The second-order valence-electron chi connectivity index (χ2n) is 1.56. The van der Waals surface area contributed by atoms with Crippen molar-refractivity contribution < 1.29 is 14.3 Å². The maximum Gasteiger partial charge on any atom is 0.344 e. The van der Waals surface area contributed by atoms with E-state index in [1.165, 1.54) is 6.08 Å². The Morgan fingerprint density at radius 1 is 1.70 bits per heavy atom. The van der Waals surface area contributed by atoms with Crippen LogP contribution >= 0.6 is 20.7 Å². The number of aliphatic carboxylic acids is 1. The van der Waals surface area contributed by atoms with Gasteiger partial charge in [-0.2, -0.15) is 0 Å². The molecule has 1 heterocycles. The Morgan fingerprint density at radius 2 is 2.40 bits per heavy atom. The van der Waals surface area contributed by atoms with Crippen LogP contribution in [0.1, 0.15) is 0 Å². The lowest BCUT2D eigenvalue weighted by Gasteiger charge is -1.96. The highest BCUT2D eigenvalue weighted by atomic mass is 127.